The van der Waals surface area contributed by atoms with Gasteiger partial charge in [0.2, 0.25) is 0 Å². The van der Waals surface area contributed by atoms with Crippen LogP contribution in [0.4, 0.5) is 0 Å². The number of aromatic nitrogens is 2. The molecule has 0 fully saturated rings. The largest absolute Gasteiger partial charge is 0.484 e. The van der Waals surface area contributed by atoms with Crippen molar-refractivity contribution in [2.24, 2.45) is 4.99 Å². The molecule has 174 valence electrons. The van der Waals surface area contributed by atoms with Crippen LogP contribution in [0.15, 0.2) is 72.0 Å². The van der Waals surface area contributed by atoms with Crippen molar-refractivity contribution in [3.63, 3.8) is 0 Å². The summed E-state index contributed by atoms with van der Waals surface area (Å²) < 4.78 is 7.42. The highest BCUT2D eigenvalue weighted by molar-refractivity contribution is 5.80. The quantitative estimate of drug-likeness (QED) is 0.327. The Morgan fingerprint density at radius 2 is 1.91 bits per heavy atom. The molecule has 1 atom stereocenters. The molecule has 0 aliphatic rings. The first-order valence-electron chi connectivity index (χ1n) is 11.2. The Hall–Kier alpha value is -3.81. The monoisotopic (exact) mass is 448 g/mol. The number of carbonyl (C=O) groups excluding carboxylic acids is 1. The number of nitrogens with one attached hydrogen (secondary N) is 3. The number of hydrogen-bond donors (Lipinski definition) is 3. The number of carbonyl (C=O) groups is 1. The first-order chi connectivity index (χ1) is 16.1. The van der Waals surface area contributed by atoms with E-state index in [1.807, 2.05) is 67.2 Å². The number of likely N-dealkylation sites (N-methyl/N-ethyl adjacent to an activating group) is 1. The van der Waals surface area contributed by atoms with E-state index in [-0.39, 0.29) is 18.6 Å². The summed E-state index contributed by atoms with van der Waals surface area (Å²) in [6.45, 7) is 7.84. The number of ether oxygens (including phenoxy) is 1. The van der Waals surface area contributed by atoms with Crippen LogP contribution in [0.2, 0.25) is 0 Å². The highest BCUT2D eigenvalue weighted by Crippen LogP contribution is 2.17. The van der Waals surface area contributed by atoms with Crippen molar-refractivity contribution >= 4 is 11.9 Å². The lowest BCUT2D eigenvalue weighted by Crippen LogP contribution is -2.38. The van der Waals surface area contributed by atoms with Gasteiger partial charge in [-0.3, -0.25) is 4.79 Å². The molecule has 3 N–H and O–H groups in total. The summed E-state index contributed by atoms with van der Waals surface area (Å²) in [5, 5.41) is 13.8. The van der Waals surface area contributed by atoms with Crippen LogP contribution in [-0.2, 0) is 11.3 Å². The van der Waals surface area contributed by atoms with Gasteiger partial charge in [-0.1, -0.05) is 24.3 Å². The highest BCUT2D eigenvalue weighted by Gasteiger charge is 2.09. The van der Waals surface area contributed by atoms with Gasteiger partial charge >= 0.3 is 0 Å². The van der Waals surface area contributed by atoms with Crippen LogP contribution in [0.3, 0.4) is 0 Å². The van der Waals surface area contributed by atoms with Gasteiger partial charge in [0.05, 0.1) is 18.3 Å². The summed E-state index contributed by atoms with van der Waals surface area (Å²) in [6.07, 6.45) is 3.70. The predicted molar refractivity (Wildman–Crippen MR) is 131 cm³/mol. The van der Waals surface area contributed by atoms with Crippen molar-refractivity contribution in [3.8, 4) is 11.4 Å². The third-order valence-electron chi connectivity index (χ3n) is 4.90. The Morgan fingerprint density at radius 3 is 2.67 bits per heavy atom. The predicted octanol–water partition coefficient (Wildman–Crippen LogP) is 3.20. The Morgan fingerprint density at radius 1 is 1.09 bits per heavy atom. The van der Waals surface area contributed by atoms with E-state index in [9.17, 15) is 4.79 Å². The molecule has 1 aromatic heterocycles. The normalized spacial score (nSPS) is 12.2. The molecule has 3 aromatic rings. The Bertz CT molecular complexity index is 1050. The number of rotatable bonds is 10. The minimum absolute atomic E-state index is 0.000132. The fourth-order valence-electron chi connectivity index (χ4n) is 3.27. The molecule has 33 heavy (non-hydrogen) atoms. The van der Waals surface area contributed by atoms with E-state index in [0.717, 1.165) is 29.3 Å². The van der Waals surface area contributed by atoms with E-state index in [1.54, 1.807) is 6.20 Å². The number of aliphatic imine (C=N–C) groups is 1. The summed E-state index contributed by atoms with van der Waals surface area (Å²) in [7, 11) is 0. The lowest BCUT2D eigenvalue weighted by Gasteiger charge is -2.19. The first kappa shape index (κ1) is 23.8. The van der Waals surface area contributed by atoms with Gasteiger partial charge < -0.3 is 20.7 Å². The fraction of sp³-hybridized carbons (Fsp3) is 0.320. The van der Waals surface area contributed by atoms with Crippen LogP contribution in [0.25, 0.3) is 5.69 Å². The van der Waals surface area contributed by atoms with Crippen molar-refractivity contribution in [2.45, 2.75) is 33.4 Å². The van der Waals surface area contributed by atoms with Crippen LogP contribution in [0.1, 0.15) is 37.9 Å². The molecule has 2 aromatic carbocycles. The van der Waals surface area contributed by atoms with Gasteiger partial charge in [0.25, 0.3) is 5.91 Å². The molecule has 1 heterocycles. The highest BCUT2D eigenvalue weighted by atomic mass is 16.5. The van der Waals surface area contributed by atoms with Crippen LogP contribution in [0.5, 0.6) is 5.75 Å². The van der Waals surface area contributed by atoms with Gasteiger partial charge in [-0.15, -0.1) is 0 Å². The molecule has 0 aliphatic carbocycles. The summed E-state index contributed by atoms with van der Waals surface area (Å²) in [5.74, 6) is 1.24. The van der Waals surface area contributed by atoms with E-state index in [0.29, 0.717) is 18.8 Å². The molecular formula is C25H32N6O2. The third kappa shape index (κ3) is 7.38. The maximum atomic E-state index is 11.6. The van der Waals surface area contributed by atoms with Gasteiger partial charge in [0, 0.05) is 25.5 Å². The maximum absolute atomic E-state index is 11.6. The van der Waals surface area contributed by atoms with Crippen molar-refractivity contribution in [2.75, 3.05) is 19.7 Å². The van der Waals surface area contributed by atoms with Crippen molar-refractivity contribution < 1.29 is 9.53 Å². The molecule has 0 saturated carbocycles. The van der Waals surface area contributed by atoms with E-state index >= 15 is 0 Å². The van der Waals surface area contributed by atoms with Gasteiger partial charge in [-0.2, -0.15) is 5.10 Å². The van der Waals surface area contributed by atoms with Crippen LogP contribution < -0.4 is 20.7 Å². The first-order valence-corrected chi connectivity index (χ1v) is 11.2. The van der Waals surface area contributed by atoms with Crippen molar-refractivity contribution in [1.29, 1.82) is 0 Å². The summed E-state index contributed by atoms with van der Waals surface area (Å²) in [5.41, 5.74) is 3.14. The van der Waals surface area contributed by atoms with E-state index in [1.165, 1.54) is 0 Å². The Balaban J connectivity index is 1.64. The molecule has 1 unspecified atom stereocenters. The van der Waals surface area contributed by atoms with Gasteiger partial charge in [-0.25, -0.2) is 9.67 Å². The standard InChI is InChI=1S/C25H32N6O2/c1-4-26-24(32)18-33-23-12-6-9-20(15-23)17-28-25(27-5-2)30-19(3)21-10-7-11-22(16-21)31-14-8-13-29-31/h6-16,19H,4-5,17-18H2,1-3H3,(H,26,32)(H2,27,28,30). The van der Waals surface area contributed by atoms with Crippen LogP contribution in [0, 0.1) is 0 Å². The van der Waals surface area contributed by atoms with E-state index in [2.05, 4.69) is 40.1 Å². The molecule has 0 radical (unpaired) electrons. The lowest BCUT2D eigenvalue weighted by atomic mass is 10.1. The second-order valence-electron chi connectivity index (χ2n) is 7.50. The van der Waals surface area contributed by atoms with Crippen molar-refractivity contribution in [3.05, 3.63) is 78.1 Å². The number of nitrogens with zero attached hydrogens (tertiary/aromatic N) is 3. The third-order valence-corrected chi connectivity index (χ3v) is 4.90. The average Bonchev–Trinajstić information content (AvgIpc) is 3.37. The summed E-state index contributed by atoms with van der Waals surface area (Å²) in [4.78, 5) is 16.3. The summed E-state index contributed by atoms with van der Waals surface area (Å²) >= 11 is 0. The van der Waals surface area contributed by atoms with Crippen LogP contribution in [-0.4, -0.2) is 41.3 Å². The Kier molecular flexibility index (Phi) is 8.88. The van der Waals surface area contributed by atoms with Crippen molar-refractivity contribution in [1.82, 2.24) is 25.7 Å². The molecule has 3 rings (SSSR count). The topological polar surface area (TPSA) is 92.6 Å². The van der Waals surface area contributed by atoms with Crippen LogP contribution >= 0.6 is 0 Å². The fourth-order valence-corrected chi connectivity index (χ4v) is 3.27. The van der Waals surface area contributed by atoms with Gasteiger partial charge in [0.15, 0.2) is 12.6 Å². The van der Waals surface area contributed by atoms with Gasteiger partial charge in [0.1, 0.15) is 5.75 Å². The molecule has 0 aliphatic heterocycles. The maximum Gasteiger partial charge on any atom is 0.257 e. The van der Waals surface area contributed by atoms with E-state index in [4.69, 9.17) is 9.73 Å². The molecule has 1 amide bonds. The minimum Gasteiger partial charge on any atom is -0.484 e. The zero-order valence-electron chi connectivity index (χ0n) is 19.4. The molecule has 0 spiro atoms. The second kappa shape index (κ2) is 12.3. The van der Waals surface area contributed by atoms with E-state index < -0.39 is 0 Å². The molecule has 8 nitrogen and oxygen atoms in total. The number of guanidine groups is 1. The van der Waals surface area contributed by atoms with Gasteiger partial charge in [-0.05, 0) is 62.2 Å². The Labute approximate surface area is 195 Å². The SMILES string of the molecule is CCNC(=O)COc1cccc(CN=C(NCC)NC(C)c2cccc(-n3cccn3)c2)c1. The number of hydrogen-bond acceptors (Lipinski definition) is 4. The smallest absolute Gasteiger partial charge is 0.257 e. The molecule has 0 saturated heterocycles. The lowest BCUT2D eigenvalue weighted by molar-refractivity contribution is -0.122. The zero-order chi connectivity index (χ0) is 23.5. The zero-order valence-corrected chi connectivity index (χ0v) is 19.4. The number of benzene rings is 2. The number of amides is 1. The molecule has 8 heteroatoms. The minimum atomic E-state index is -0.134. The molecule has 0 bridgehead atoms. The average molecular weight is 449 g/mol. The summed E-state index contributed by atoms with van der Waals surface area (Å²) in [6, 6.07) is 17.9. The molecular weight excluding hydrogens is 416 g/mol. The second-order valence-corrected chi connectivity index (χ2v) is 7.50.